The van der Waals surface area contributed by atoms with Crippen molar-refractivity contribution in [1.82, 2.24) is 5.32 Å². The number of piperidine rings is 2. The Hall–Kier alpha value is -1.36. The Morgan fingerprint density at radius 2 is 1.76 bits per heavy atom. The molecule has 2 fully saturated rings. The highest BCUT2D eigenvalue weighted by atomic mass is 19.3. The highest BCUT2D eigenvalue weighted by Crippen LogP contribution is 2.38. The van der Waals surface area contributed by atoms with E-state index in [1.165, 1.54) is 19.3 Å². The van der Waals surface area contributed by atoms with Crippen LogP contribution in [-0.4, -0.2) is 31.8 Å². The van der Waals surface area contributed by atoms with Gasteiger partial charge in [-0.3, -0.25) is 0 Å². The first-order chi connectivity index (χ1) is 10.2. The van der Waals surface area contributed by atoms with Crippen LogP contribution < -0.4 is 15.0 Å². The third kappa shape index (κ3) is 3.12. The number of benzene rings is 1. The van der Waals surface area contributed by atoms with Crippen molar-refractivity contribution in [2.75, 3.05) is 11.9 Å². The van der Waals surface area contributed by atoms with Crippen LogP contribution in [0.15, 0.2) is 24.3 Å². The van der Waals surface area contributed by atoms with Crippen LogP contribution in [0.5, 0.6) is 5.75 Å². The molecule has 0 radical (unpaired) electrons. The van der Waals surface area contributed by atoms with E-state index < -0.39 is 6.61 Å². The molecule has 116 valence electrons. The van der Waals surface area contributed by atoms with E-state index in [1.54, 1.807) is 12.1 Å². The molecule has 2 aliphatic heterocycles. The summed E-state index contributed by atoms with van der Waals surface area (Å²) in [6.07, 6.45) is 6.02. The van der Waals surface area contributed by atoms with Crippen LogP contribution >= 0.6 is 0 Å². The number of alkyl halides is 2. The molecule has 3 nitrogen and oxygen atoms in total. The zero-order chi connectivity index (χ0) is 14.8. The molecule has 2 aliphatic rings. The minimum atomic E-state index is -2.76. The molecule has 1 aromatic rings. The Kier molecular flexibility index (Phi) is 4.29. The van der Waals surface area contributed by atoms with E-state index in [0.717, 1.165) is 18.5 Å². The molecule has 0 amide bonds. The first-order valence-electron chi connectivity index (χ1n) is 7.68. The fraction of sp³-hybridized carbons (Fsp3) is 0.625. The van der Waals surface area contributed by atoms with Gasteiger partial charge < -0.3 is 15.0 Å². The number of nitrogens with zero attached hydrogens (tertiary/aromatic N) is 1. The summed E-state index contributed by atoms with van der Waals surface area (Å²) >= 11 is 0. The number of fused-ring (bicyclic) bond motifs is 2. The summed E-state index contributed by atoms with van der Waals surface area (Å²) in [6.45, 7) is -2.76. The fourth-order valence-electron chi connectivity index (χ4n) is 3.84. The standard InChI is InChI=1S/C16H22F2N2O/c1-19-11-9-13-3-2-4-14(10-11)20(13)12-5-7-15(8-6-12)21-16(17)18/h5-8,11,13-14,16,19H,2-4,9-10H2,1H3. The molecule has 0 saturated carbocycles. The van der Waals surface area contributed by atoms with E-state index in [-0.39, 0.29) is 5.75 Å². The molecule has 3 rings (SSSR count). The number of halogens is 2. The summed E-state index contributed by atoms with van der Waals surface area (Å²) in [5.74, 6) is 0.226. The average molecular weight is 296 g/mol. The van der Waals surface area contributed by atoms with Gasteiger partial charge in [0.05, 0.1) is 0 Å². The number of nitrogens with one attached hydrogen (secondary N) is 1. The Bertz CT molecular complexity index is 452. The summed E-state index contributed by atoms with van der Waals surface area (Å²) < 4.78 is 28.8. The molecule has 0 aromatic heterocycles. The van der Waals surface area contributed by atoms with Crippen LogP contribution in [0.4, 0.5) is 14.5 Å². The van der Waals surface area contributed by atoms with Gasteiger partial charge in [-0.05, 0) is 63.4 Å². The molecule has 2 unspecified atom stereocenters. The molecule has 2 heterocycles. The number of hydrogen-bond acceptors (Lipinski definition) is 3. The predicted molar refractivity (Wildman–Crippen MR) is 79.1 cm³/mol. The molecule has 21 heavy (non-hydrogen) atoms. The van der Waals surface area contributed by atoms with E-state index >= 15 is 0 Å². The van der Waals surface area contributed by atoms with Crippen LogP contribution in [0.25, 0.3) is 0 Å². The Labute approximate surface area is 124 Å². The normalized spacial score (nSPS) is 28.8. The second kappa shape index (κ2) is 6.18. The van der Waals surface area contributed by atoms with E-state index in [0.29, 0.717) is 18.1 Å². The van der Waals surface area contributed by atoms with Crippen molar-refractivity contribution in [3.8, 4) is 5.75 Å². The second-order valence-electron chi connectivity index (χ2n) is 5.98. The maximum Gasteiger partial charge on any atom is 0.387 e. The van der Waals surface area contributed by atoms with E-state index in [1.807, 2.05) is 19.2 Å². The highest BCUT2D eigenvalue weighted by Gasteiger charge is 2.37. The highest BCUT2D eigenvalue weighted by molar-refractivity contribution is 5.52. The molecule has 1 N–H and O–H groups in total. The van der Waals surface area contributed by atoms with Crippen molar-refractivity contribution in [2.45, 2.75) is 56.8 Å². The van der Waals surface area contributed by atoms with Crippen molar-refractivity contribution < 1.29 is 13.5 Å². The van der Waals surface area contributed by atoms with Crippen LogP contribution in [0, 0.1) is 0 Å². The van der Waals surface area contributed by atoms with E-state index in [9.17, 15) is 8.78 Å². The van der Waals surface area contributed by atoms with Crippen LogP contribution in [0.1, 0.15) is 32.1 Å². The minimum absolute atomic E-state index is 0.226. The topological polar surface area (TPSA) is 24.5 Å². The molecular weight excluding hydrogens is 274 g/mol. The molecule has 0 spiro atoms. The van der Waals surface area contributed by atoms with Crippen molar-refractivity contribution >= 4 is 5.69 Å². The molecule has 2 bridgehead atoms. The van der Waals surface area contributed by atoms with Crippen molar-refractivity contribution in [3.05, 3.63) is 24.3 Å². The first kappa shape index (κ1) is 14.6. The van der Waals surface area contributed by atoms with E-state index in [2.05, 4.69) is 15.0 Å². The molecule has 2 saturated heterocycles. The molecular formula is C16H22F2N2O. The lowest BCUT2D eigenvalue weighted by Gasteiger charge is -2.50. The minimum Gasteiger partial charge on any atom is -0.435 e. The van der Waals surface area contributed by atoms with Crippen LogP contribution in [0.3, 0.4) is 0 Å². The zero-order valence-corrected chi connectivity index (χ0v) is 12.3. The van der Waals surface area contributed by atoms with Gasteiger partial charge in [-0.15, -0.1) is 0 Å². The van der Waals surface area contributed by atoms with Crippen molar-refractivity contribution in [1.29, 1.82) is 0 Å². The monoisotopic (exact) mass is 296 g/mol. The third-order valence-electron chi connectivity index (χ3n) is 4.74. The molecule has 2 atom stereocenters. The summed E-state index contributed by atoms with van der Waals surface area (Å²) in [5, 5.41) is 3.41. The van der Waals surface area contributed by atoms with Gasteiger partial charge in [-0.1, -0.05) is 0 Å². The fourth-order valence-corrected chi connectivity index (χ4v) is 3.84. The van der Waals surface area contributed by atoms with Crippen molar-refractivity contribution in [2.24, 2.45) is 0 Å². The number of rotatable bonds is 4. The molecule has 1 aromatic carbocycles. The maximum atomic E-state index is 12.2. The van der Waals surface area contributed by atoms with Gasteiger partial charge >= 0.3 is 6.61 Å². The number of hydrogen-bond donors (Lipinski definition) is 1. The summed E-state index contributed by atoms with van der Waals surface area (Å²) in [6, 6.07) is 8.79. The maximum absolute atomic E-state index is 12.2. The lowest BCUT2D eigenvalue weighted by atomic mass is 9.81. The summed E-state index contributed by atoms with van der Waals surface area (Å²) in [4.78, 5) is 2.49. The number of anilines is 1. The second-order valence-corrected chi connectivity index (χ2v) is 5.98. The summed E-state index contributed by atoms with van der Waals surface area (Å²) in [7, 11) is 2.03. The Balaban J connectivity index is 1.76. The quantitative estimate of drug-likeness (QED) is 0.921. The number of ether oxygens (including phenoxy) is 1. The largest absolute Gasteiger partial charge is 0.435 e. The van der Waals surface area contributed by atoms with Gasteiger partial charge in [-0.2, -0.15) is 8.78 Å². The zero-order valence-electron chi connectivity index (χ0n) is 12.3. The Morgan fingerprint density at radius 1 is 1.14 bits per heavy atom. The smallest absolute Gasteiger partial charge is 0.387 e. The van der Waals surface area contributed by atoms with Gasteiger partial charge in [0.15, 0.2) is 0 Å². The average Bonchev–Trinajstić information content (AvgIpc) is 2.46. The lowest BCUT2D eigenvalue weighted by Crippen LogP contribution is -2.56. The van der Waals surface area contributed by atoms with Gasteiger partial charge in [0.2, 0.25) is 0 Å². The molecule has 0 aliphatic carbocycles. The van der Waals surface area contributed by atoms with Gasteiger partial charge in [0, 0.05) is 23.8 Å². The van der Waals surface area contributed by atoms with E-state index in [4.69, 9.17) is 0 Å². The SMILES string of the molecule is CNC1CC2CCCC(C1)N2c1ccc(OC(F)F)cc1. The summed E-state index contributed by atoms with van der Waals surface area (Å²) in [5.41, 5.74) is 1.13. The van der Waals surface area contributed by atoms with Crippen LogP contribution in [-0.2, 0) is 0 Å². The van der Waals surface area contributed by atoms with Gasteiger partial charge in [0.25, 0.3) is 0 Å². The van der Waals surface area contributed by atoms with Gasteiger partial charge in [-0.25, -0.2) is 0 Å². The Morgan fingerprint density at radius 3 is 2.29 bits per heavy atom. The third-order valence-corrected chi connectivity index (χ3v) is 4.74. The van der Waals surface area contributed by atoms with Crippen molar-refractivity contribution in [3.63, 3.8) is 0 Å². The first-order valence-corrected chi connectivity index (χ1v) is 7.68. The van der Waals surface area contributed by atoms with Gasteiger partial charge in [0.1, 0.15) is 5.75 Å². The molecule has 5 heteroatoms. The lowest BCUT2D eigenvalue weighted by molar-refractivity contribution is -0.0498. The predicted octanol–water partition coefficient (Wildman–Crippen LogP) is 3.40. The van der Waals surface area contributed by atoms with Crippen LogP contribution in [0.2, 0.25) is 0 Å².